The minimum absolute atomic E-state index is 0.115. The summed E-state index contributed by atoms with van der Waals surface area (Å²) in [6.07, 6.45) is 3.27. The third-order valence-corrected chi connectivity index (χ3v) is 4.89. The number of aromatic nitrogens is 2. The molecule has 1 aromatic carbocycles. The molecule has 0 fully saturated rings. The van der Waals surface area contributed by atoms with Gasteiger partial charge in [0.2, 0.25) is 10.0 Å². The fourth-order valence-electron chi connectivity index (χ4n) is 1.83. The molecular formula is C13H18N4O2S. The van der Waals surface area contributed by atoms with Crippen LogP contribution in [0, 0.1) is 0 Å². The van der Waals surface area contributed by atoms with Gasteiger partial charge >= 0.3 is 0 Å². The smallest absolute Gasteiger partial charge is 0.243 e. The standard InChI is InChI=1S/C13H18N4O2S/c1-10(14)12-3-5-13(6-4-12)20(18,19)17(2)9-11-7-15-16-8-11/h3-8,10H,9,14H2,1-2H3,(H,15,16). The zero-order valence-electron chi connectivity index (χ0n) is 11.4. The summed E-state index contributed by atoms with van der Waals surface area (Å²) in [6, 6.07) is 6.53. The minimum atomic E-state index is -3.51. The zero-order valence-corrected chi connectivity index (χ0v) is 12.3. The van der Waals surface area contributed by atoms with E-state index in [1.807, 2.05) is 6.92 Å². The number of aromatic amines is 1. The van der Waals surface area contributed by atoms with E-state index in [0.717, 1.165) is 11.1 Å². The summed E-state index contributed by atoms with van der Waals surface area (Å²) in [4.78, 5) is 0.257. The molecule has 1 unspecified atom stereocenters. The fourth-order valence-corrected chi connectivity index (χ4v) is 2.99. The van der Waals surface area contributed by atoms with Gasteiger partial charge in [-0.1, -0.05) is 12.1 Å². The molecule has 0 saturated heterocycles. The molecule has 20 heavy (non-hydrogen) atoms. The first-order valence-corrected chi connectivity index (χ1v) is 7.65. The third-order valence-electron chi connectivity index (χ3n) is 3.07. The van der Waals surface area contributed by atoms with Crippen LogP contribution in [0.25, 0.3) is 0 Å². The van der Waals surface area contributed by atoms with E-state index in [4.69, 9.17) is 5.73 Å². The largest absolute Gasteiger partial charge is 0.324 e. The van der Waals surface area contributed by atoms with E-state index in [1.54, 1.807) is 43.7 Å². The van der Waals surface area contributed by atoms with Crippen molar-refractivity contribution < 1.29 is 8.42 Å². The number of H-pyrrole nitrogens is 1. The Bertz CT molecular complexity index is 648. The van der Waals surface area contributed by atoms with Crippen molar-refractivity contribution in [1.29, 1.82) is 0 Å². The lowest BCUT2D eigenvalue weighted by molar-refractivity contribution is 0.467. The molecule has 6 nitrogen and oxygen atoms in total. The van der Waals surface area contributed by atoms with Crippen LogP contribution in [0.4, 0.5) is 0 Å². The topological polar surface area (TPSA) is 92.1 Å². The maximum absolute atomic E-state index is 12.4. The predicted molar refractivity (Wildman–Crippen MR) is 76.3 cm³/mol. The predicted octanol–water partition coefficient (Wildman–Crippen LogP) is 1.25. The average molecular weight is 294 g/mol. The van der Waals surface area contributed by atoms with Gasteiger partial charge in [0.15, 0.2) is 0 Å². The Balaban J connectivity index is 2.21. The van der Waals surface area contributed by atoms with E-state index >= 15 is 0 Å². The quantitative estimate of drug-likeness (QED) is 0.868. The Hall–Kier alpha value is -1.70. The summed E-state index contributed by atoms with van der Waals surface area (Å²) in [5, 5.41) is 6.46. The molecule has 2 rings (SSSR count). The van der Waals surface area contributed by atoms with Crippen molar-refractivity contribution in [2.75, 3.05) is 7.05 Å². The van der Waals surface area contributed by atoms with Crippen molar-refractivity contribution in [2.45, 2.75) is 24.4 Å². The second kappa shape index (κ2) is 5.74. The number of hydrogen-bond donors (Lipinski definition) is 2. The van der Waals surface area contributed by atoms with Crippen molar-refractivity contribution in [1.82, 2.24) is 14.5 Å². The molecule has 0 radical (unpaired) electrons. The first-order chi connectivity index (χ1) is 9.41. The summed E-state index contributed by atoms with van der Waals surface area (Å²) < 4.78 is 26.1. The second-order valence-corrected chi connectivity index (χ2v) is 6.77. The van der Waals surface area contributed by atoms with Gasteiger partial charge in [-0.25, -0.2) is 8.42 Å². The van der Waals surface area contributed by atoms with Crippen molar-refractivity contribution in [3.63, 3.8) is 0 Å². The van der Waals surface area contributed by atoms with Crippen LogP contribution in [0.15, 0.2) is 41.6 Å². The normalized spacial score (nSPS) is 13.6. The number of nitrogens with zero attached hydrogens (tertiary/aromatic N) is 2. The van der Waals surface area contributed by atoms with Crippen LogP contribution in [-0.2, 0) is 16.6 Å². The van der Waals surface area contributed by atoms with Crippen LogP contribution in [0.3, 0.4) is 0 Å². The van der Waals surface area contributed by atoms with E-state index in [2.05, 4.69) is 10.2 Å². The minimum Gasteiger partial charge on any atom is -0.324 e. The number of benzene rings is 1. The Kier molecular flexibility index (Phi) is 4.22. The van der Waals surface area contributed by atoms with Gasteiger partial charge in [0.1, 0.15) is 0 Å². The van der Waals surface area contributed by atoms with Crippen LogP contribution in [0.5, 0.6) is 0 Å². The molecule has 0 aliphatic carbocycles. The maximum atomic E-state index is 12.4. The van der Waals surface area contributed by atoms with Gasteiger partial charge in [-0.05, 0) is 24.6 Å². The Morgan fingerprint density at radius 2 is 2.00 bits per heavy atom. The van der Waals surface area contributed by atoms with Crippen molar-refractivity contribution in [3.05, 3.63) is 47.8 Å². The van der Waals surface area contributed by atoms with E-state index in [-0.39, 0.29) is 17.5 Å². The van der Waals surface area contributed by atoms with E-state index < -0.39 is 10.0 Å². The van der Waals surface area contributed by atoms with Gasteiger partial charge < -0.3 is 5.73 Å². The molecule has 0 spiro atoms. The summed E-state index contributed by atoms with van der Waals surface area (Å²) >= 11 is 0. The summed E-state index contributed by atoms with van der Waals surface area (Å²) in [6.45, 7) is 2.13. The van der Waals surface area contributed by atoms with Gasteiger partial charge in [0.05, 0.1) is 11.1 Å². The van der Waals surface area contributed by atoms with Crippen LogP contribution < -0.4 is 5.73 Å². The molecule has 0 aliphatic rings. The highest BCUT2D eigenvalue weighted by atomic mass is 32.2. The van der Waals surface area contributed by atoms with Crippen LogP contribution in [0.2, 0.25) is 0 Å². The highest BCUT2D eigenvalue weighted by Gasteiger charge is 2.21. The van der Waals surface area contributed by atoms with Crippen LogP contribution in [-0.4, -0.2) is 30.0 Å². The number of nitrogens with two attached hydrogens (primary N) is 1. The highest BCUT2D eigenvalue weighted by Crippen LogP contribution is 2.19. The van der Waals surface area contributed by atoms with E-state index in [1.165, 1.54) is 4.31 Å². The van der Waals surface area contributed by atoms with Gasteiger partial charge in [-0.2, -0.15) is 9.40 Å². The molecule has 1 heterocycles. The highest BCUT2D eigenvalue weighted by molar-refractivity contribution is 7.89. The lowest BCUT2D eigenvalue weighted by atomic mass is 10.1. The Labute approximate surface area is 118 Å². The molecule has 0 amide bonds. The van der Waals surface area contributed by atoms with Crippen LogP contribution >= 0.6 is 0 Å². The zero-order chi connectivity index (χ0) is 14.8. The number of hydrogen-bond acceptors (Lipinski definition) is 4. The first-order valence-electron chi connectivity index (χ1n) is 6.21. The molecule has 0 bridgehead atoms. The van der Waals surface area contributed by atoms with Crippen LogP contribution in [0.1, 0.15) is 24.1 Å². The van der Waals surface area contributed by atoms with Crippen molar-refractivity contribution in [3.8, 4) is 0 Å². The molecular weight excluding hydrogens is 276 g/mol. The summed E-state index contributed by atoms with van der Waals surface area (Å²) in [5.74, 6) is 0. The summed E-state index contributed by atoms with van der Waals surface area (Å²) in [7, 11) is -1.96. The average Bonchev–Trinajstić information content (AvgIpc) is 2.91. The third kappa shape index (κ3) is 3.06. The molecule has 0 saturated carbocycles. The molecule has 1 atom stereocenters. The molecule has 3 N–H and O–H groups in total. The SMILES string of the molecule is CC(N)c1ccc(S(=O)(=O)N(C)Cc2cn[nH]c2)cc1. The van der Waals surface area contributed by atoms with Crippen molar-refractivity contribution >= 4 is 10.0 Å². The van der Waals surface area contributed by atoms with Crippen molar-refractivity contribution in [2.24, 2.45) is 5.73 Å². The molecule has 2 aromatic rings. The van der Waals surface area contributed by atoms with Gasteiger partial charge in [0, 0.05) is 31.4 Å². The van der Waals surface area contributed by atoms with Gasteiger partial charge in [0.25, 0.3) is 0 Å². The van der Waals surface area contributed by atoms with E-state index in [0.29, 0.717) is 0 Å². The monoisotopic (exact) mass is 294 g/mol. The second-order valence-electron chi connectivity index (χ2n) is 4.73. The molecule has 108 valence electrons. The molecule has 7 heteroatoms. The lowest BCUT2D eigenvalue weighted by Crippen LogP contribution is -2.26. The number of sulfonamides is 1. The van der Waals surface area contributed by atoms with Gasteiger partial charge in [-0.3, -0.25) is 5.10 Å². The maximum Gasteiger partial charge on any atom is 0.243 e. The Morgan fingerprint density at radius 1 is 1.35 bits per heavy atom. The molecule has 0 aliphatic heterocycles. The Morgan fingerprint density at radius 3 is 2.50 bits per heavy atom. The lowest BCUT2D eigenvalue weighted by Gasteiger charge is -2.17. The molecule has 1 aromatic heterocycles. The first kappa shape index (κ1) is 14.7. The van der Waals surface area contributed by atoms with Gasteiger partial charge in [-0.15, -0.1) is 0 Å². The summed E-state index contributed by atoms with van der Waals surface area (Å²) in [5.41, 5.74) is 7.47. The fraction of sp³-hybridized carbons (Fsp3) is 0.308. The number of rotatable bonds is 5. The van der Waals surface area contributed by atoms with E-state index in [9.17, 15) is 8.42 Å². The number of nitrogens with one attached hydrogen (secondary N) is 1.